The molecule has 1 N–H and O–H groups in total. The maximum Gasteiger partial charge on any atom is 0.225 e. The summed E-state index contributed by atoms with van der Waals surface area (Å²) in [6.45, 7) is 0.656. The van der Waals surface area contributed by atoms with Crippen LogP contribution < -0.4 is 10.4 Å². The summed E-state index contributed by atoms with van der Waals surface area (Å²) in [5, 5.41) is 1.70. The van der Waals surface area contributed by atoms with Gasteiger partial charge in [-0.25, -0.2) is 4.98 Å². The van der Waals surface area contributed by atoms with Gasteiger partial charge < -0.3 is 0 Å². The van der Waals surface area contributed by atoms with Crippen molar-refractivity contribution in [2.45, 2.75) is 0 Å². The molecular weight excluding hydrogens is 166 g/mol. The molecule has 1 aromatic rings. The van der Waals surface area contributed by atoms with Gasteiger partial charge in [0.05, 0.1) is 6.54 Å². The Morgan fingerprint density at radius 3 is 3.38 bits per heavy atom. The summed E-state index contributed by atoms with van der Waals surface area (Å²) in [5.41, 5.74) is 3.60. The Kier molecular flexibility index (Phi) is 1.96. The van der Waals surface area contributed by atoms with Gasteiger partial charge in [-0.3, -0.25) is 15.2 Å². The number of hydrogen-bond donors (Lipinski definition) is 1. The Bertz CT molecular complexity index is 348. The number of rotatable bonds is 2. The summed E-state index contributed by atoms with van der Waals surface area (Å²) in [7, 11) is 0. The summed E-state index contributed by atoms with van der Waals surface area (Å²) < 4.78 is 0. The molecule has 0 saturated carbocycles. The molecule has 1 aliphatic rings. The van der Waals surface area contributed by atoms with E-state index in [1.54, 1.807) is 11.2 Å². The van der Waals surface area contributed by atoms with Gasteiger partial charge in [0.2, 0.25) is 6.41 Å². The van der Waals surface area contributed by atoms with Crippen molar-refractivity contribution < 1.29 is 4.79 Å². The van der Waals surface area contributed by atoms with Gasteiger partial charge >= 0.3 is 0 Å². The first-order chi connectivity index (χ1) is 6.42. The van der Waals surface area contributed by atoms with Crippen LogP contribution in [0.2, 0.25) is 0 Å². The van der Waals surface area contributed by atoms with Crippen molar-refractivity contribution in [1.29, 1.82) is 0 Å². The topological polar surface area (TPSA) is 45.2 Å². The van der Waals surface area contributed by atoms with Crippen LogP contribution in [0.15, 0.2) is 24.4 Å². The zero-order valence-corrected chi connectivity index (χ0v) is 6.97. The van der Waals surface area contributed by atoms with Gasteiger partial charge in [0.1, 0.15) is 0 Å². The molecule has 13 heavy (non-hydrogen) atoms. The maximum atomic E-state index is 10.3. The minimum Gasteiger partial charge on any atom is -0.277 e. The van der Waals surface area contributed by atoms with Crippen molar-refractivity contribution in [3.8, 4) is 0 Å². The van der Waals surface area contributed by atoms with E-state index in [9.17, 15) is 4.79 Å². The molecule has 2 heterocycles. The number of hydrazine groups is 1. The summed E-state index contributed by atoms with van der Waals surface area (Å²) in [6, 6.07) is 3.82. The van der Waals surface area contributed by atoms with E-state index < -0.39 is 0 Å². The number of aromatic nitrogens is 1. The number of pyridine rings is 1. The average Bonchev–Trinajstić information content (AvgIpc) is 2.19. The monoisotopic (exact) mass is 175 g/mol. The van der Waals surface area contributed by atoms with Crippen LogP contribution in [0.1, 0.15) is 5.56 Å². The zero-order chi connectivity index (χ0) is 9.10. The van der Waals surface area contributed by atoms with Crippen LogP contribution >= 0.6 is 0 Å². The fourth-order valence-corrected chi connectivity index (χ4v) is 1.31. The van der Waals surface area contributed by atoms with E-state index in [-0.39, 0.29) is 0 Å². The second-order valence-electron chi connectivity index (χ2n) is 2.68. The first kappa shape index (κ1) is 7.79. The molecule has 0 unspecified atom stereocenters. The molecule has 0 saturated heterocycles. The number of carbonyl (C=O) groups is 1. The number of fused-ring (bicyclic) bond motifs is 1. The van der Waals surface area contributed by atoms with E-state index in [2.05, 4.69) is 10.4 Å². The van der Waals surface area contributed by atoms with Gasteiger partial charge in [0.25, 0.3) is 0 Å². The van der Waals surface area contributed by atoms with Crippen LogP contribution in [-0.2, 0) is 4.79 Å². The predicted molar refractivity (Wildman–Crippen MR) is 49.8 cm³/mol. The molecule has 0 aliphatic carbocycles. The largest absolute Gasteiger partial charge is 0.277 e. The molecule has 66 valence electrons. The molecule has 4 nitrogen and oxygen atoms in total. The van der Waals surface area contributed by atoms with Crippen LogP contribution in [-0.4, -0.2) is 17.9 Å². The third-order valence-electron chi connectivity index (χ3n) is 1.87. The molecule has 1 aliphatic heterocycles. The van der Waals surface area contributed by atoms with E-state index in [0.717, 1.165) is 11.4 Å². The van der Waals surface area contributed by atoms with E-state index in [0.29, 0.717) is 13.0 Å². The molecule has 0 radical (unpaired) electrons. The molecule has 1 aromatic heterocycles. The summed E-state index contributed by atoms with van der Waals surface area (Å²) in [6.07, 6.45) is 6.32. The first-order valence-corrected chi connectivity index (χ1v) is 4.01. The average molecular weight is 175 g/mol. The number of anilines is 1. The van der Waals surface area contributed by atoms with E-state index in [4.69, 9.17) is 0 Å². The molecule has 0 atom stereocenters. The summed E-state index contributed by atoms with van der Waals surface area (Å²) in [4.78, 5) is 14.5. The smallest absolute Gasteiger partial charge is 0.225 e. The maximum absolute atomic E-state index is 10.3. The van der Waals surface area contributed by atoms with Crippen molar-refractivity contribution in [3.63, 3.8) is 0 Å². The Morgan fingerprint density at radius 2 is 2.54 bits per heavy atom. The van der Waals surface area contributed by atoms with Crippen LogP contribution in [0.4, 0.5) is 5.82 Å². The lowest BCUT2D eigenvalue weighted by atomic mass is 10.2. The zero-order valence-electron chi connectivity index (χ0n) is 6.97. The number of hydrogen-bond acceptors (Lipinski definition) is 3. The SMILES string of the molecule is O=CNN1CC=Cc2cccnc21. The van der Waals surface area contributed by atoms with Crippen LogP contribution in [0.25, 0.3) is 6.08 Å². The number of nitrogens with one attached hydrogen (secondary N) is 1. The van der Waals surface area contributed by atoms with Gasteiger partial charge in [0, 0.05) is 11.8 Å². The standard InChI is InChI=1S/C9H9N3O/c13-7-11-12-6-2-4-8-3-1-5-10-9(8)12/h1-5,7H,6H2,(H,11,13). The number of carbonyl (C=O) groups excluding carboxylic acids is 1. The van der Waals surface area contributed by atoms with Crippen molar-refractivity contribution in [3.05, 3.63) is 30.0 Å². The fourth-order valence-electron chi connectivity index (χ4n) is 1.31. The van der Waals surface area contributed by atoms with E-state index >= 15 is 0 Å². The van der Waals surface area contributed by atoms with E-state index in [1.807, 2.05) is 24.3 Å². The molecule has 0 spiro atoms. The Morgan fingerprint density at radius 1 is 1.62 bits per heavy atom. The van der Waals surface area contributed by atoms with Crippen molar-refractivity contribution in [1.82, 2.24) is 10.4 Å². The van der Waals surface area contributed by atoms with E-state index in [1.165, 1.54) is 0 Å². The molecule has 4 heteroatoms. The highest BCUT2D eigenvalue weighted by atomic mass is 16.1. The van der Waals surface area contributed by atoms with Gasteiger partial charge in [-0.2, -0.15) is 0 Å². The second-order valence-corrected chi connectivity index (χ2v) is 2.68. The highest BCUT2D eigenvalue weighted by molar-refractivity contribution is 5.68. The van der Waals surface area contributed by atoms with Gasteiger partial charge in [-0.15, -0.1) is 0 Å². The quantitative estimate of drug-likeness (QED) is 0.668. The lowest BCUT2D eigenvalue weighted by Crippen LogP contribution is -2.39. The Balaban J connectivity index is 2.37. The predicted octanol–water partition coefficient (Wildman–Crippen LogP) is 0.576. The fraction of sp³-hybridized carbons (Fsp3) is 0.111. The first-order valence-electron chi connectivity index (χ1n) is 4.01. The summed E-state index contributed by atoms with van der Waals surface area (Å²) >= 11 is 0. The van der Waals surface area contributed by atoms with Crippen molar-refractivity contribution in [2.75, 3.05) is 11.6 Å². The number of amides is 1. The van der Waals surface area contributed by atoms with Crippen LogP contribution in [0.3, 0.4) is 0 Å². The van der Waals surface area contributed by atoms with Gasteiger partial charge in [0.15, 0.2) is 5.82 Å². The lowest BCUT2D eigenvalue weighted by Gasteiger charge is -2.24. The molecule has 2 rings (SSSR count). The third-order valence-corrected chi connectivity index (χ3v) is 1.87. The molecule has 1 amide bonds. The minimum absolute atomic E-state index is 0.650. The lowest BCUT2D eigenvalue weighted by molar-refractivity contribution is -0.109. The molecule has 0 aromatic carbocycles. The highest BCUT2D eigenvalue weighted by Crippen LogP contribution is 2.20. The Hall–Kier alpha value is -1.84. The van der Waals surface area contributed by atoms with Gasteiger partial charge in [-0.1, -0.05) is 12.2 Å². The van der Waals surface area contributed by atoms with Crippen molar-refractivity contribution >= 4 is 18.3 Å². The van der Waals surface area contributed by atoms with Gasteiger partial charge in [-0.05, 0) is 12.1 Å². The highest BCUT2D eigenvalue weighted by Gasteiger charge is 2.12. The minimum atomic E-state index is 0.650. The van der Waals surface area contributed by atoms with Crippen LogP contribution in [0, 0.1) is 0 Å². The third kappa shape index (κ3) is 1.38. The molecular formula is C9H9N3O. The molecule has 0 fully saturated rings. The normalized spacial score (nSPS) is 13.7. The second kappa shape index (κ2) is 3.26. The number of nitrogens with zero attached hydrogens (tertiary/aromatic N) is 2. The van der Waals surface area contributed by atoms with Crippen LogP contribution in [0.5, 0.6) is 0 Å². The molecule has 0 bridgehead atoms. The summed E-state index contributed by atoms with van der Waals surface area (Å²) in [5.74, 6) is 0.789. The van der Waals surface area contributed by atoms with Crippen molar-refractivity contribution in [2.24, 2.45) is 0 Å². The Labute approximate surface area is 75.9 Å².